The quantitative estimate of drug-likeness (QED) is 0.787. The van der Waals surface area contributed by atoms with E-state index in [0.717, 1.165) is 0 Å². The zero-order chi connectivity index (χ0) is 14.5. The summed E-state index contributed by atoms with van der Waals surface area (Å²) in [7, 11) is 0. The van der Waals surface area contributed by atoms with Crippen LogP contribution in [0.3, 0.4) is 0 Å². The summed E-state index contributed by atoms with van der Waals surface area (Å²) in [6.07, 6.45) is 1.22. The van der Waals surface area contributed by atoms with Gasteiger partial charge in [0.15, 0.2) is 0 Å². The molecule has 5 nitrogen and oxygen atoms in total. The SMILES string of the molecule is O=C(O)C1CCC1C(=O)NCCOc1ccc(Cl)cc1. The zero-order valence-electron chi connectivity index (χ0n) is 10.8. The Bertz CT molecular complexity index is 488. The van der Waals surface area contributed by atoms with E-state index in [4.69, 9.17) is 21.4 Å². The number of amides is 1. The van der Waals surface area contributed by atoms with Crippen LogP contribution in [-0.2, 0) is 9.59 Å². The molecular formula is C14H16ClNO4. The van der Waals surface area contributed by atoms with Gasteiger partial charge in [0.1, 0.15) is 12.4 Å². The third-order valence-corrected chi connectivity index (χ3v) is 3.66. The predicted molar refractivity (Wildman–Crippen MR) is 73.8 cm³/mol. The maximum Gasteiger partial charge on any atom is 0.307 e. The van der Waals surface area contributed by atoms with Crippen LogP contribution >= 0.6 is 11.6 Å². The van der Waals surface area contributed by atoms with E-state index in [0.29, 0.717) is 36.8 Å². The minimum Gasteiger partial charge on any atom is -0.492 e. The van der Waals surface area contributed by atoms with Gasteiger partial charge in [0.25, 0.3) is 0 Å². The third-order valence-electron chi connectivity index (χ3n) is 3.41. The highest BCUT2D eigenvalue weighted by Gasteiger charge is 2.41. The van der Waals surface area contributed by atoms with Crippen molar-refractivity contribution < 1.29 is 19.4 Å². The van der Waals surface area contributed by atoms with Crippen LogP contribution in [0.25, 0.3) is 0 Å². The number of carbonyl (C=O) groups is 2. The van der Waals surface area contributed by atoms with Gasteiger partial charge in [-0.15, -0.1) is 0 Å². The van der Waals surface area contributed by atoms with E-state index < -0.39 is 17.8 Å². The summed E-state index contributed by atoms with van der Waals surface area (Å²) in [5.74, 6) is -1.36. The zero-order valence-corrected chi connectivity index (χ0v) is 11.6. The smallest absolute Gasteiger partial charge is 0.307 e. The Morgan fingerprint density at radius 2 is 1.90 bits per heavy atom. The van der Waals surface area contributed by atoms with Gasteiger partial charge < -0.3 is 15.2 Å². The van der Waals surface area contributed by atoms with Gasteiger partial charge in [-0.05, 0) is 37.1 Å². The average Bonchev–Trinajstić information content (AvgIpc) is 2.34. The molecule has 1 aromatic carbocycles. The lowest BCUT2D eigenvalue weighted by Gasteiger charge is -2.31. The maximum absolute atomic E-state index is 11.7. The van der Waals surface area contributed by atoms with Crippen molar-refractivity contribution in [3.05, 3.63) is 29.3 Å². The summed E-state index contributed by atoms with van der Waals surface area (Å²) in [6.45, 7) is 0.683. The second-order valence-electron chi connectivity index (χ2n) is 4.72. The molecule has 2 rings (SSSR count). The van der Waals surface area contributed by atoms with E-state index in [1.54, 1.807) is 24.3 Å². The number of carbonyl (C=O) groups excluding carboxylic acids is 1. The van der Waals surface area contributed by atoms with Gasteiger partial charge in [-0.2, -0.15) is 0 Å². The van der Waals surface area contributed by atoms with Gasteiger partial charge >= 0.3 is 5.97 Å². The fraction of sp³-hybridized carbons (Fsp3) is 0.429. The van der Waals surface area contributed by atoms with Crippen molar-refractivity contribution in [3.63, 3.8) is 0 Å². The number of aliphatic carboxylic acids is 1. The number of hydrogen-bond acceptors (Lipinski definition) is 3. The van der Waals surface area contributed by atoms with Gasteiger partial charge in [0.05, 0.1) is 18.4 Å². The highest BCUT2D eigenvalue weighted by Crippen LogP contribution is 2.34. The van der Waals surface area contributed by atoms with Crippen molar-refractivity contribution in [2.24, 2.45) is 11.8 Å². The normalized spacial score (nSPS) is 20.9. The first-order valence-electron chi connectivity index (χ1n) is 6.47. The van der Waals surface area contributed by atoms with Gasteiger partial charge in [-0.1, -0.05) is 11.6 Å². The van der Waals surface area contributed by atoms with E-state index in [1.807, 2.05) is 0 Å². The molecule has 1 aliphatic rings. The molecule has 2 unspecified atom stereocenters. The monoisotopic (exact) mass is 297 g/mol. The highest BCUT2D eigenvalue weighted by molar-refractivity contribution is 6.30. The van der Waals surface area contributed by atoms with Crippen molar-refractivity contribution in [2.75, 3.05) is 13.2 Å². The molecule has 1 fully saturated rings. The fourth-order valence-electron chi connectivity index (χ4n) is 2.11. The first kappa shape index (κ1) is 14.7. The Hall–Kier alpha value is -1.75. The largest absolute Gasteiger partial charge is 0.492 e. The second kappa shape index (κ2) is 6.61. The molecule has 1 aromatic rings. The van der Waals surface area contributed by atoms with Gasteiger partial charge in [0.2, 0.25) is 5.91 Å². The van der Waals surface area contributed by atoms with Gasteiger partial charge in [-0.25, -0.2) is 0 Å². The number of rotatable bonds is 6. The lowest BCUT2D eigenvalue weighted by atomic mass is 9.73. The Kier molecular flexibility index (Phi) is 4.84. The van der Waals surface area contributed by atoms with Crippen LogP contribution in [0.2, 0.25) is 5.02 Å². The Morgan fingerprint density at radius 1 is 1.25 bits per heavy atom. The van der Waals surface area contributed by atoms with Crippen LogP contribution in [0, 0.1) is 11.8 Å². The van der Waals surface area contributed by atoms with Crippen molar-refractivity contribution >= 4 is 23.5 Å². The van der Waals surface area contributed by atoms with Crippen LogP contribution in [0.4, 0.5) is 0 Å². The number of benzene rings is 1. The number of carboxylic acid groups (broad SMARTS) is 1. The topological polar surface area (TPSA) is 75.6 Å². The van der Waals surface area contributed by atoms with Gasteiger partial charge in [-0.3, -0.25) is 9.59 Å². The van der Waals surface area contributed by atoms with E-state index in [1.165, 1.54) is 0 Å². The number of ether oxygens (including phenoxy) is 1. The Labute approximate surface area is 121 Å². The standard InChI is InChI=1S/C14H16ClNO4/c15-9-1-3-10(4-2-9)20-8-7-16-13(17)11-5-6-12(11)14(18)19/h1-4,11-12H,5-8H2,(H,16,17)(H,18,19). The minimum absolute atomic E-state index is 0.205. The van der Waals surface area contributed by atoms with Crippen molar-refractivity contribution in [1.29, 1.82) is 0 Å². The molecule has 1 saturated carbocycles. The number of halogens is 1. The molecule has 0 radical (unpaired) electrons. The predicted octanol–water partition coefficient (Wildman–Crippen LogP) is 1.95. The van der Waals surface area contributed by atoms with Crippen LogP contribution in [0.1, 0.15) is 12.8 Å². The number of carboxylic acids is 1. The van der Waals surface area contributed by atoms with E-state index >= 15 is 0 Å². The summed E-state index contributed by atoms with van der Waals surface area (Å²) < 4.78 is 5.43. The lowest BCUT2D eigenvalue weighted by molar-refractivity contribution is -0.152. The summed E-state index contributed by atoms with van der Waals surface area (Å²) in [4.78, 5) is 22.6. The molecule has 6 heteroatoms. The molecule has 0 bridgehead atoms. The van der Waals surface area contributed by atoms with E-state index in [9.17, 15) is 9.59 Å². The molecule has 1 aliphatic carbocycles. The molecule has 108 valence electrons. The molecule has 2 atom stereocenters. The number of nitrogens with one attached hydrogen (secondary N) is 1. The molecule has 1 amide bonds. The van der Waals surface area contributed by atoms with Crippen molar-refractivity contribution in [2.45, 2.75) is 12.8 Å². The molecule has 2 N–H and O–H groups in total. The molecule has 0 spiro atoms. The molecule has 0 heterocycles. The van der Waals surface area contributed by atoms with Gasteiger partial charge in [0, 0.05) is 5.02 Å². The molecule has 0 aliphatic heterocycles. The molecule has 0 aromatic heterocycles. The highest BCUT2D eigenvalue weighted by atomic mass is 35.5. The molecular weight excluding hydrogens is 282 g/mol. The minimum atomic E-state index is -0.895. The lowest BCUT2D eigenvalue weighted by Crippen LogP contribution is -2.44. The van der Waals surface area contributed by atoms with Crippen LogP contribution in [0.5, 0.6) is 5.75 Å². The van der Waals surface area contributed by atoms with Crippen LogP contribution in [-0.4, -0.2) is 30.1 Å². The first-order chi connectivity index (χ1) is 9.58. The average molecular weight is 298 g/mol. The summed E-state index contributed by atoms with van der Waals surface area (Å²) in [6, 6.07) is 6.94. The summed E-state index contributed by atoms with van der Waals surface area (Å²) >= 11 is 5.75. The fourth-order valence-corrected chi connectivity index (χ4v) is 2.24. The van der Waals surface area contributed by atoms with Crippen LogP contribution in [0.15, 0.2) is 24.3 Å². The van der Waals surface area contributed by atoms with E-state index in [-0.39, 0.29) is 5.91 Å². The van der Waals surface area contributed by atoms with Crippen molar-refractivity contribution in [3.8, 4) is 5.75 Å². The summed E-state index contributed by atoms with van der Waals surface area (Å²) in [5.41, 5.74) is 0. The van der Waals surface area contributed by atoms with E-state index in [2.05, 4.69) is 5.32 Å². The maximum atomic E-state index is 11.7. The van der Waals surface area contributed by atoms with Crippen molar-refractivity contribution in [1.82, 2.24) is 5.32 Å². The first-order valence-corrected chi connectivity index (χ1v) is 6.84. The Balaban J connectivity index is 1.67. The Morgan fingerprint density at radius 3 is 2.45 bits per heavy atom. The molecule has 20 heavy (non-hydrogen) atoms. The summed E-state index contributed by atoms with van der Waals surface area (Å²) in [5, 5.41) is 12.2. The number of hydrogen-bond donors (Lipinski definition) is 2. The second-order valence-corrected chi connectivity index (χ2v) is 5.16. The molecule has 0 saturated heterocycles. The van der Waals surface area contributed by atoms with Crippen LogP contribution < -0.4 is 10.1 Å². The third kappa shape index (κ3) is 3.63.